The number of nitrogens with zero attached hydrogens (tertiary/aromatic N) is 2. The van der Waals surface area contributed by atoms with Gasteiger partial charge < -0.3 is 0 Å². The van der Waals surface area contributed by atoms with Crippen molar-refractivity contribution in [2.45, 2.75) is 12.8 Å². The Morgan fingerprint density at radius 3 is 2.82 bits per heavy atom. The molecule has 0 aromatic heterocycles. The van der Waals surface area contributed by atoms with Crippen molar-refractivity contribution in [3.05, 3.63) is 23.8 Å². The maximum Gasteiger partial charge on any atom is 0.0666 e. The molecule has 0 bridgehead atoms. The highest BCUT2D eigenvalue weighted by molar-refractivity contribution is 5.30. The molecule has 1 rings (SSSR count). The van der Waals surface area contributed by atoms with Gasteiger partial charge >= 0.3 is 0 Å². The third-order valence-electron chi connectivity index (χ3n) is 1.72. The highest BCUT2D eigenvalue weighted by atomic mass is 14.3. The van der Waals surface area contributed by atoms with Crippen molar-refractivity contribution in [1.29, 1.82) is 10.5 Å². The van der Waals surface area contributed by atoms with Crippen LogP contribution < -0.4 is 0 Å². The molecule has 0 saturated carbocycles. The number of hydrogen-bond donors (Lipinski definition) is 0. The summed E-state index contributed by atoms with van der Waals surface area (Å²) in [5, 5.41) is 16.8. The van der Waals surface area contributed by atoms with E-state index in [1.807, 2.05) is 18.2 Å². The molecule has 0 aromatic rings. The van der Waals surface area contributed by atoms with E-state index in [2.05, 4.69) is 12.1 Å². The number of hydrogen-bond acceptors (Lipinski definition) is 2. The Balaban J connectivity index is 2.57. The van der Waals surface area contributed by atoms with Gasteiger partial charge in [-0.3, -0.25) is 0 Å². The second kappa shape index (κ2) is 3.58. The normalized spacial score (nSPS) is 20.5. The first kappa shape index (κ1) is 7.57. The topological polar surface area (TPSA) is 47.6 Å². The first-order valence-electron chi connectivity index (χ1n) is 3.49. The lowest BCUT2D eigenvalue weighted by molar-refractivity contribution is 0.779. The Kier molecular flexibility index (Phi) is 2.47. The van der Waals surface area contributed by atoms with E-state index in [4.69, 9.17) is 10.5 Å². The highest BCUT2D eigenvalue weighted by Gasteiger charge is 2.12. The lowest BCUT2D eigenvalue weighted by Crippen LogP contribution is -1.95. The number of rotatable bonds is 2. The van der Waals surface area contributed by atoms with Crippen molar-refractivity contribution in [1.82, 2.24) is 0 Å². The fourth-order valence-electron chi connectivity index (χ4n) is 1.14. The van der Waals surface area contributed by atoms with Crippen molar-refractivity contribution in [3.63, 3.8) is 0 Å². The summed E-state index contributed by atoms with van der Waals surface area (Å²) in [6, 6.07) is 4.18. The van der Waals surface area contributed by atoms with E-state index in [0.29, 0.717) is 12.8 Å². The SMILES string of the molecule is N#CCC1=CC=CC1CC#N. The summed E-state index contributed by atoms with van der Waals surface area (Å²) >= 11 is 0. The summed E-state index contributed by atoms with van der Waals surface area (Å²) in [4.78, 5) is 0. The molecule has 0 heterocycles. The van der Waals surface area contributed by atoms with Gasteiger partial charge in [0.05, 0.1) is 18.6 Å². The van der Waals surface area contributed by atoms with Gasteiger partial charge in [0.1, 0.15) is 0 Å². The molecule has 0 aliphatic heterocycles. The average Bonchev–Trinajstić information content (AvgIpc) is 2.39. The molecule has 1 atom stereocenters. The van der Waals surface area contributed by atoms with Gasteiger partial charge in [0.15, 0.2) is 0 Å². The summed E-state index contributed by atoms with van der Waals surface area (Å²) in [7, 11) is 0. The van der Waals surface area contributed by atoms with Gasteiger partial charge in [0, 0.05) is 12.3 Å². The van der Waals surface area contributed by atoms with Gasteiger partial charge in [-0.25, -0.2) is 0 Å². The fourth-order valence-corrected chi connectivity index (χ4v) is 1.14. The largest absolute Gasteiger partial charge is 0.198 e. The first-order chi connectivity index (χ1) is 5.38. The van der Waals surface area contributed by atoms with Crippen molar-refractivity contribution in [2.75, 3.05) is 0 Å². The van der Waals surface area contributed by atoms with Crippen LogP contribution in [0.5, 0.6) is 0 Å². The van der Waals surface area contributed by atoms with Crippen LogP contribution in [0.1, 0.15) is 12.8 Å². The third-order valence-corrected chi connectivity index (χ3v) is 1.72. The van der Waals surface area contributed by atoms with E-state index in [1.165, 1.54) is 0 Å². The Labute approximate surface area is 66.1 Å². The third kappa shape index (κ3) is 1.69. The zero-order valence-corrected chi connectivity index (χ0v) is 6.12. The molecule has 0 spiro atoms. The van der Waals surface area contributed by atoms with Gasteiger partial charge in [-0.05, 0) is 5.57 Å². The Hall–Kier alpha value is -1.54. The van der Waals surface area contributed by atoms with Crippen LogP contribution in [0.2, 0.25) is 0 Å². The quantitative estimate of drug-likeness (QED) is 0.594. The van der Waals surface area contributed by atoms with Crippen molar-refractivity contribution < 1.29 is 0 Å². The summed E-state index contributed by atoms with van der Waals surface area (Å²) < 4.78 is 0. The van der Waals surface area contributed by atoms with Crippen LogP contribution in [-0.4, -0.2) is 0 Å². The van der Waals surface area contributed by atoms with Gasteiger partial charge in [-0.2, -0.15) is 10.5 Å². The minimum absolute atomic E-state index is 0.194. The second-order valence-corrected chi connectivity index (χ2v) is 2.43. The molecule has 2 heteroatoms. The van der Waals surface area contributed by atoms with Crippen LogP contribution in [0, 0.1) is 28.6 Å². The first-order valence-corrected chi connectivity index (χ1v) is 3.49. The van der Waals surface area contributed by atoms with Crippen molar-refractivity contribution >= 4 is 0 Å². The molecule has 54 valence electrons. The summed E-state index contributed by atoms with van der Waals surface area (Å²) in [5.74, 6) is 0.194. The minimum atomic E-state index is 0.194. The lowest BCUT2D eigenvalue weighted by atomic mass is 9.98. The standard InChI is InChI=1S/C9H8N2/c10-6-4-8-2-1-3-9(8)5-7-11/h1-3,8H,4-5H2. The molecule has 11 heavy (non-hydrogen) atoms. The van der Waals surface area contributed by atoms with Gasteiger partial charge in [-0.15, -0.1) is 0 Å². The molecule has 1 unspecified atom stereocenters. The zero-order valence-electron chi connectivity index (χ0n) is 6.12. The van der Waals surface area contributed by atoms with Gasteiger partial charge in [-0.1, -0.05) is 18.2 Å². The minimum Gasteiger partial charge on any atom is -0.198 e. The fraction of sp³-hybridized carbons (Fsp3) is 0.333. The van der Waals surface area contributed by atoms with Crippen LogP contribution in [0.25, 0.3) is 0 Å². The monoisotopic (exact) mass is 144 g/mol. The zero-order chi connectivity index (χ0) is 8.10. The molecule has 0 saturated heterocycles. The van der Waals surface area contributed by atoms with E-state index in [1.54, 1.807) is 0 Å². The maximum absolute atomic E-state index is 8.42. The summed E-state index contributed by atoms with van der Waals surface area (Å²) in [6.07, 6.45) is 6.74. The molecule has 2 nitrogen and oxygen atoms in total. The van der Waals surface area contributed by atoms with E-state index in [9.17, 15) is 0 Å². The molecule has 0 radical (unpaired) electrons. The van der Waals surface area contributed by atoms with Crippen molar-refractivity contribution in [2.24, 2.45) is 5.92 Å². The van der Waals surface area contributed by atoms with Gasteiger partial charge in [0.2, 0.25) is 0 Å². The van der Waals surface area contributed by atoms with E-state index in [-0.39, 0.29) is 5.92 Å². The molecule has 0 aromatic carbocycles. The molecule has 1 aliphatic carbocycles. The Morgan fingerprint density at radius 1 is 1.36 bits per heavy atom. The smallest absolute Gasteiger partial charge is 0.0666 e. The van der Waals surface area contributed by atoms with Crippen LogP contribution in [0.4, 0.5) is 0 Å². The van der Waals surface area contributed by atoms with Crippen LogP contribution >= 0.6 is 0 Å². The number of nitriles is 2. The predicted octanol–water partition coefficient (Wildman–Crippen LogP) is 1.93. The van der Waals surface area contributed by atoms with Crippen molar-refractivity contribution in [3.8, 4) is 12.1 Å². The molecular formula is C9H8N2. The Morgan fingerprint density at radius 2 is 2.18 bits per heavy atom. The van der Waals surface area contributed by atoms with E-state index in [0.717, 1.165) is 5.57 Å². The average molecular weight is 144 g/mol. The van der Waals surface area contributed by atoms with Gasteiger partial charge in [0.25, 0.3) is 0 Å². The lowest BCUT2D eigenvalue weighted by Gasteiger charge is -2.04. The van der Waals surface area contributed by atoms with E-state index < -0.39 is 0 Å². The number of allylic oxidation sites excluding steroid dienone is 4. The highest BCUT2D eigenvalue weighted by Crippen LogP contribution is 2.24. The molecule has 0 N–H and O–H groups in total. The van der Waals surface area contributed by atoms with Crippen LogP contribution in [0.3, 0.4) is 0 Å². The molecular weight excluding hydrogens is 136 g/mol. The van der Waals surface area contributed by atoms with Crippen LogP contribution in [-0.2, 0) is 0 Å². The summed E-state index contributed by atoms with van der Waals surface area (Å²) in [5.41, 5.74) is 1.06. The van der Waals surface area contributed by atoms with Crippen LogP contribution in [0.15, 0.2) is 23.8 Å². The molecule has 1 aliphatic rings. The Bertz CT molecular complexity index is 273. The van der Waals surface area contributed by atoms with E-state index >= 15 is 0 Å². The second-order valence-electron chi connectivity index (χ2n) is 2.43. The summed E-state index contributed by atoms with van der Waals surface area (Å²) in [6.45, 7) is 0. The predicted molar refractivity (Wildman–Crippen MR) is 41.2 cm³/mol. The molecule has 0 fully saturated rings. The maximum atomic E-state index is 8.42. The molecule has 0 amide bonds.